The molecule has 8 heavy (non-hydrogen) atoms. The van der Waals surface area contributed by atoms with E-state index in [0.29, 0.717) is 0 Å². The molecule has 0 heterocycles. The predicted octanol–water partition coefficient (Wildman–Crippen LogP) is 0.678. The summed E-state index contributed by atoms with van der Waals surface area (Å²) in [4.78, 5) is 5.45. The molecule has 0 aromatic heterocycles. The van der Waals surface area contributed by atoms with Crippen molar-refractivity contribution in [3.63, 3.8) is 0 Å². The molecule has 0 amide bonds. The van der Waals surface area contributed by atoms with E-state index in [1.165, 1.54) is 0 Å². The Kier molecular flexibility index (Phi) is 5.45. The van der Waals surface area contributed by atoms with Gasteiger partial charge in [-0.2, -0.15) is 8.78 Å². The second-order valence-corrected chi connectivity index (χ2v) is 1.80. The number of carboxylic acids is 1. The zero-order valence-corrected chi connectivity index (χ0v) is 7.58. The first-order chi connectivity index (χ1) is 2.94. The van der Waals surface area contributed by atoms with E-state index >= 15 is 0 Å². The number of aliphatic carboxylic acids is 1. The van der Waals surface area contributed by atoms with Gasteiger partial charge in [0.2, 0.25) is 0 Å². The van der Waals surface area contributed by atoms with Gasteiger partial charge in [-0.05, 0) is 0 Å². The minimum atomic E-state index is -3.77. The minimum absolute atomic E-state index is 0. The van der Waals surface area contributed by atoms with Crippen LogP contribution in [0.5, 0.6) is 0 Å². The summed E-state index contributed by atoms with van der Waals surface area (Å²) in [7, 11) is 0. The molecule has 0 bridgehead atoms. The Labute approximate surface area is 74.7 Å². The summed E-state index contributed by atoms with van der Waals surface area (Å²) in [6.45, 7) is 0. The number of hydrogen-bond donors (Lipinski definition) is 1. The SMILES string of the molecule is O=C(O)C(F)(F)Br.[Na]. The molecule has 2 nitrogen and oxygen atoms in total. The average molecular weight is 198 g/mol. The first kappa shape index (κ1) is 11.6. The summed E-state index contributed by atoms with van der Waals surface area (Å²) in [5, 5.41) is 7.45. The second-order valence-electron chi connectivity index (χ2n) is 0.803. The van der Waals surface area contributed by atoms with Crippen LogP contribution >= 0.6 is 15.9 Å². The average Bonchev–Trinajstić information content (AvgIpc) is 1.31. The molecule has 0 fully saturated rings. The first-order valence-corrected chi connectivity index (χ1v) is 2.04. The van der Waals surface area contributed by atoms with Gasteiger partial charge in [0.1, 0.15) is 0 Å². The molecule has 1 radical (unpaired) electrons. The molecular formula is C2HBrF2NaO2. The molecule has 1 N–H and O–H groups in total. The van der Waals surface area contributed by atoms with Crippen molar-refractivity contribution in [3.8, 4) is 0 Å². The van der Waals surface area contributed by atoms with Gasteiger partial charge in [-0.3, -0.25) is 0 Å². The van der Waals surface area contributed by atoms with Gasteiger partial charge in [-0.25, -0.2) is 4.79 Å². The van der Waals surface area contributed by atoms with Crippen molar-refractivity contribution in [2.24, 2.45) is 0 Å². The Morgan fingerprint density at radius 2 is 1.75 bits per heavy atom. The fraction of sp³-hybridized carbons (Fsp3) is 0.500. The molecule has 0 saturated heterocycles. The zero-order valence-electron chi connectivity index (χ0n) is 3.99. The van der Waals surface area contributed by atoms with E-state index in [2.05, 4.69) is 0 Å². The van der Waals surface area contributed by atoms with Crippen LogP contribution < -0.4 is 0 Å². The van der Waals surface area contributed by atoms with E-state index in [-0.39, 0.29) is 29.6 Å². The third kappa shape index (κ3) is 4.96. The fourth-order valence-electron chi connectivity index (χ4n) is 0. The number of alkyl halides is 3. The molecule has 43 valence electrons. The van der Waals surface area contributed by atoms with Gasteiger partial charge >= 0.3 is 10.8 Å². The maximum atomic E-state index is 11.2. The van der Waals surface area contributed by atoms with Crippen LogP contribution in [0, 0.1) is 0 Å². The van der Waals surface area contributed by atoms with Crippen LogP contribution in [0.2, 0.25) is 0 Å². The minimum Gasteiger partial charge on any atom is -0.476 e. The van der Waals surface area contributed by atoms with Crippen molar-refractivity contribution < 1.29 is 18.7 Å². The Morgan fingerprint density at radius 3 is 1.75 bits per heavy atom. The van der Waals surface area contributed by atoms with Gasteiger partial charge < -0.3 is 5.11 Å². The number of carboxylic acid groups (broad SMARTS) is 1. The Bertz CT molecular complexity index is 90.5. The van der Waals surface area contributed by atoms with E-state index in [1.54, 1.807) is 15.9 Å². The van der Waals surface area contributed by atoms with E-state index in [0.717, 1.165) is 0 Å². The normalized spacial score (nSPS) is 9.88. The molecule has 0 aromatic rings. The largest absolute Gasteiger partial charge is 0.476 e. The van der Waals surface area contributed by atoms with Gasteiger partial charge in [0.25, 0.3) is 0 Å². The molecule has 0 atom stereocenters. The van der Waals surface area contributed by atoms with Crippen molar-refractivity contribution in [3.05, 3.63) is 0 Å². The van der Waals surface area contributed by atoms with Gasteiger partial charge in [0.15, 0.2) is 0 Å². The van der Waals surface area contributed by atoms with Gasteiger partial charge in [-0.1, -0.05) is 0 Å². The molecule has 0 aliphatic carbocycles. The fourth-order valence-corrected chi connectivity index (χ4v) is 0. The zero-order chi connectivity index (χ0) is 6.08. The summed E-state index contributed by atoms with van der Waals surface area (Å²) in [5.74, 6) is -2.17. The Hall–Kier alpha value is 0.810. The van der Waals surface area contributed by atoms with Crippen molar-refractivity contribution >= 4 is 51.5 Å². The number of rotatable bonds is 1. The van der Waals surface area contributed by atoms with Crippen molar-refractivity contribution in [2.75, 3.05) is 0 Å². The maximum absolute atomic E-state index is 11.2. The molecule has 0 aromatic carbocycles. The smallest absolute Gasteiger partial charge is 0.395 e. The molecule has 6 heteroatoms. The van der Waals surface area contributed by atoms with Crippen LogP contribution in [0.4, 0.5) is 8.78 Å². The molecule has 0 rings (SSSR count). The topological polar surface area (TPSA) is 37.3 Å². The Balaban J connectivity index is 0. The van der Waals surface area contributed by atoms with Crippen molar-refractivity contribution in [2.45, 2.75) is 4.83 Å². The van der Waals surface area contributed by atoms with Crippen LogP contribution in [0.1, 0.15) is 0 Å². The molecule has 0 spiro atoms. The molecule has 0 saturated carbocycles. The van der Waals surface area contributed by atoms with E-state index in [4.69, 9.17) is 5.11 Å². The van der Waals surface area contributed by atoms with E-state index in [1.807, 2.05) is 0 Å². The summed E-state index contributed by atoms with van der Waals surface area (Å²) in [6, 6.07) is 0. The second kappa shape index (κ2) is 3.76. The van der Waals surface area contributed by atoms with Crippen LogP contribution in [0.25, 0.3) is 0 Å². The molecule has 0 aliphatic rings. The van der Waals surface area contributed by atoms with Gasteiger partial charge in [0, 0.05) is 45.5 Å². The van der Waals surface area contributed by atoms with E-state index < -0.39 is 10.8 Å². The van der Waals surface area contributed by atoms with Crippen LogP contribution in [-0.4, -0.2) is 45.5 Å². The standard InChI is InChI=1S/C2HBrF2O2.Na/c3-2(4,5)1(6)7;/h(H,6,7);. The van der Waals surface area contributed by atoms with Crippen molar-refractivity contribution in [1.29, 1.82) is 0 Å². The number of carbonyl (C=O) groups is 1. The predicted molar refractivity (Wildman–Crippen MR) is 27.3 cm³/mol. The number of hydrogen-bond acceptors (Lipinski definition) is 1. The first-order valence-electron chi connectivity index (χ1n) is 1.24. The van der Waals surface area contributed by atoms with E-state index in [9.17, 15) is 13.6 Å². The van der Waals surface area contributed by atoms with Gasteiger partial charge in [0.05, 0.1) is 0 Å². The van der Waals surface area contributed by atoms with Gasteiger partial charge in [-0.15, -0.1) is 0 Å². The number of halogens is 3. The molecule has 0 unspecified atom stereocenters. The third-order valence-corrected chi connectivity index (χ3v) is 0.582. The van der Waals surface area contributed by atoms with Crippen LogP contribution in [0.15, 0.2) is 0 Å². The monoisotopic (exact) mass is 197 g/mol. The Morgan fingerprint density at radius 1 is 1.62 bits per heavy atom. The molecular weight excluding hydrogens is 197 g/mol. The summed E-state index contributed by atoms with van der Waals surface area (Å²) in [6.07, 6.45) is 0. The van der Waals surface area contributed by atoms with Crippen LogP contribution in [-0.2, 0) is 4.79 Å². The summed E-state index contributed by atoms with van der Waals surface area (Å²) >= 11 is 1.61. The third-order valence-electron chi connectivity index (χ3n) is 0.243. The van der Waals surface area contributed by atoms with Crippen molar-refractivity contribution in [1.82, 2.24) is 0 Å². The molecule has 0 aliphatic heterocycles. The summed E-state index contributed by atoms with van der Waals surface area (Å²) < 4.78 is 22.3. The van der Waals surface area contributed by atoms with Crippen LogP contribution in [0.3, 0.4) is 0 Å². The quantitative estimate of drug-likeness (QED) is 0.496. The maximum Gasteiger partial charge on any atom is 0.395 e. The summed E-state index contributed by atoms with van der Waals surface area (Å²) in [5.41, 5.74) is 0.